The van der Waals surface area contributed by atoms with Gasteiger partial charge in [0.05, 0.1) is 15.8 Å². The Morgan fingerprint density at radius 2 is 1.36 bits per heavy atom. The third-order valence-electron chi connectivity index (χ3n) is 4.62. The van der Waals surface area contributed by atoms with Gasteiger partial charge < -0.3 is 5.09 Å². The summed E-state index contributed by atoms with van der Waals surface area (Å²) >= 11 is 14.3. The summed E-state index contributed by atoms with van der Waals surface area (Å²) in [6, 6.07) is 24.5. The van der Waals surface area contributed by atoms with E-state index in [-0.39, 0.29) is 5.82 Å². The number of nitrogens with one attached hydrogen (secondary N) is 1. The Hall–Kier alpha value is -2.69. The van der Waals surface area contributed by atoms with E-state index in [9.17, 15) is 8.96 Å². The van der Waals surface area contributed by atoms with E-state index in [1.807, 2.05) is 66.0 Å². The minimum absolute atomic E-state index is 0.321. The van der Waals surface area contributed by atoms with Crippen LogP contribution >= 0.6 is 41.8 Å². The number of aromatic nitrogens is 1. The average molecular weight is 515 g/mol. The van der Waals surface area contributed by atoms with E-state index < -0.39 is 7.29 Å². The highest BCUT2D eigenvalue weighted by molar-refractivity contribution is 7.72. The first-order chi connectivity index (χ1) is 15.9. The predicted octanol–water partition coefficient (Wildman–Crippen LogP) is 9.11. The van der Waals surface area contributed by atoms with Crippen molar-refractivity contribution in [3.8, 4) is 11.3 Å². The fourth-order valence-corrected chi connectivity index (χ4v) is 6.86. The summed E-state index contributed by atoms with van der Waals surface area (Å²) < 4.78 is 27.3. The van der Waals surface area contributed by atoms with E-state index in [0.717, 1.165) is 16.7 Å². The second-order valence-corrected chi connectivity index (χ2v) is 10.9. The molecule has 0 bridgehead atoms. The Kier molecular flexibility index (Phi) is 7.46. The quantitative estimate of drug-likeness (QED) is 0.250. The van der Waals surface area contributed by atoms with Crippen LogP contribution in [-0.4, -0.2) is 4.98 Å². The van der Waals surface area contributed by atoms with E-state index in [1.54, 1.807) is 12.1 Å². The molecular formula is C25H18Cl2FN2OPS. The first kappa shape index (κ1) is 23.5. The van der Waals surface area contributed by atoms with Gasteiger partial charge in [0, 0.05) is 22.6 Å². The molecule has 0 unspecified atom stereocenters. The van der Waals surface area contributed by atoms with Crippen LogP contribution in [0.25, 0.3) is 21.3 Å². The number of nitrogens with zero attached hydrogens (tertiary/aromatic N) is 1. The molecule has 0 aliphatic rings. The molecular weight excluding hydrogens is 497 g/mol. The second kappa shape index (κ2) is 10.5. The largest absolute Gasteiger partial charge is 0.306 e. The molecule has 0 fully saturated rings. The van der Waals surface area contributed by atoms with E-state index in [4.69, 9.17) is 23.2 Å². The van der Waals surface area contributed by atoms with Crippen LogP contribution in [0.3, 0.4) is 0 Å². The molecule has 0 aliphatic carbocycles. The standard InChI is InChI=1S/C25H18Cl2FN2OPS/c26-22(18-7-3-1-4-8-18)15-32(31,16-23(27)19-9-5-2-6-10-19)30-25-29-24(17-33-25)20-11-13-21(28)14-12-20/h1-17H,(H,29,30,31)/b22-15+,23-16+. The summed E-state index contributed by atoms with van der Waals surface area (Å²) in [4.78, 5) is 4.52. The van der Waals surface area contributed by atoms with E-state index in [2.05, 4.69) is 10.1 Å². The van der Waals surface area contributed by atoms with Gasteiger partial charge in [-0.1, -0.05) is 83.9 Å². The fourth-order valence-electron chi connectivity index (χ4n) is 3.01. The molecule has 8 heteroatoms. The molecule has 1 heterocycles. The summed E-state index contributed by atoms with van der Waals surface area (Å²) in [5.74, 6) is 2.64. The molecule has 0 radical (unpaired) electrons. The molecule has 0 saturated heterocycles. The van der Waals surface area contributed by atoms with Crippen LogP contribution in [0.1, 0.15) is 11.1 Å². The highest BCUT2D eigenvalue weighted by Crippen LogP contribution is 2.54. The van der Waals surface area contributed by atoms with Crippen molar-refractivity contribution in [2.75, 3.05) is 5.09 Å². The number of thiazole rings is 1. The van der Waals surface area contributed by atoms with Gasteiger partial charge in [-0.05, 0) is 35.4 Å². The Labute approximate surface area is 205 Å². The summed E-state index contributed by atoms with van der Waals surface area (Å²) in [5, 5.41) is 5.93. The van der Waals surface area contributed by atoms with Gasteiger partial charge in [-0.2, -0.15) is 0 Å². The monoisotopic (exact) mass is 514 g/mol. The summed E-state index contributed by atoms with van der Waals surface area (Å²) in [6.45, 7) is 0. The molecule has 4 rings (SSSR count). The molecule has 0 saturated carbocycles. The Morgan fingerprint density at radius 1 is 0.848 bits per heavy atom. The molecule has 1 N–H and O–H groups in total. The number of rotatable bonds is 7. The van der Waals surface area contributed by atoms with Gasteiger partial charge in [0.1, 0.15) is 5.82 Å². The lowest BCUT2D eigenvalue weighted by Crippen LogP contribution is -1.94. The smallest absolute Gasteiger partial charge is 0.217 e. The predicted molar refractivity (Wildman–Crippen MR) is 139 cm³/mol. The van der Waals surface area contributed by atoms with Gasteiger partial charge in [0.2, 0.25) is 7.29 Å². The molecule has 3 nitrogen and oxygen atoms in total. The topological polar surface area (TPSA) is 42.0 Å². The van der Waals surface area contributed by atoms with Gasteiger partial charge in [0.15, 0.2) is 5.13 Å². The van der Waals surface area contributed by atoms with E-state index in [0.29, 0.717) is 20.9 Å². The first-order valence-corrected chi connectivity index (χ1v) is 13.4. The maximum absolute atomic E-state index is 14.0. The van der Waals surface area contributed by atoms with E-state index >= 15 is 0 Å². The number of benzene rings is 3. The zero-order valence-electron chi connectivity index (χ0n) is 17.2. The summed E-state index contributed by atoms with van der Waals surface area (Å²) in [5.41, 5.74) is 2.87. The van der Waals surface area contributed by atoms with Crippen LogP contribution < -0.4 is 5.09 Å². The van der Waals surface area contributed by atoms with Gasteiger partial charge >= 0.3 is 0 Å². The minimum Gasteiger partial charge on any atom is -0.306 e. The van der Waals surface area contributed by atoms with Crippen molar-refractivity contribution in [2.24, 2.45) is 0 Å². The second-order valence-electron chi connectivity index (χ2n) is 7.05. The minimum atomic E-state index is -3.42. The maximum atomic E-state index is 14.0. The molecule has 0 atom stereocenters. The van der Waals surface area contributed by atoms with Crippen LogP contribution in [0.5, 0.6) is 0 Å². The van der Waals surface area contributed by atoms with Crippen LogP contribution in [-0.2, 0) is 4.57 Å². The van der Waals surface area contributed by atoms with Crippen molar-refractivity contribution in [3.63, 3.8) is 0 Å². The fraction of sp³-hybridized carbons (Fsp3) is 0. The van der Waals surface area contributed by atoms with Gasteiger partial charge in [0.25, 0.3) is 0 Å². The lowest BCUT2D eigenvalue weighted by molar-refractivity contribution is 0.589. The first-order valence-electron chi connectivity index (χ1n) is 9.89. The highest BCUT2D eigenvalue weighted by atomic mass is 35.5. The molecule has 3 aromatic carbocycles. The third-order valence-corrected chi connectivity index (χ3v) is 8.34. The number of hydrogen-bond donors (Lipinski definition) is 1. The average Bonchev–Trinajstić information content (AvgIpc) is 3.28. The number of halogens is 3. The molecule has 0 amide bonds. The van der Waals surface area contributed by atoms with Crippen LogP contribution in [0.2, 0.25) is 0 Å². The molecule has 0 aliphatic heterocycles. The Balaban J connectivity index is 1.70. The molecule has 166 valence electrons. The molecule has 1 aromatic heterocycles. The summed E-state index contributed by atoms with van der Waals surface area (Å²) in [7, 11) is -3.42. The van der Waals surface area contributed by atoms with Gasteiger partial charge in [-0.25, -0.2) is 9.37 Å². The van der Waals surface area contributed by atoms with Crippen molar-refractivity contribution < 1.29 is 8.96 Å². The van der Waals surface area contributed by atoms with Crippen molar-refractivity contribution in [2.45, 2.75) is 0 Å². The Morgan fingerprint density at radius 3 is 1.88 bits per heavy atom. The molecule has 33 heavy (non-hydrogen) atoms. The third kappa shape index (κ3) is 6.21. The van der Waals surface area contributed by atoms with Crippen LogP contribution in [0, 0.1) is 5.82 Å². The van der Waals surface area contributed by atoms with E-state index in [1.165, 1.54) is 35.1 Å². The maximum Gasteiger partial charge on any atom is 0.217 e. The van der Waals surface area contributed by atoms with Crippen LogP contribution in [0.4, 0.5) is 9.52 Å². The summed E-state index contributed by atoms with van der Waals surface area (Å²) in [6.07, 6.45) is 0. The van der Waals surface area contributed by atoms with Crippen molar-refractivity contribution in [1.29, 1.82) is 0 Å². The SMILES string of the molecule is O=P(/C=C(/Cl)c1ccccc1)(/C=C(/Cl)c1ccccc1)Nc1nc(-c2ccc(F)cc2)cs1. The molecule has 4 aromatic rings. The number of anilines is 1. The lowest BCUT2D eigenvalue weighted by Gasteiger charge is -2.13. The van der Waals surface area contributed by atoms with Crippen molar-refractivity contribution in [1.82, 2.24) is 4.98 Å². The van der Waals surface area contributed by atoms with Gasteiger partial charge in [-0.3, -0.25) is 4.57 Å². The zero-order valence-corrected chi connectivity index (χ0v) is 20.4. The highest BCUT2D eigenvalue weighted by Gasteiger charge is 2.21. The normalized spacial score (nSPS) is 12.6. The molecule has 0 spiro atoms. The van der Waals surface area contributed by atoms with Crippen molar-refractivity contribution in [3.05, 3.63) is 119 Å². The van der Waals surface area contributed by atoms with Crippen molar-refractivity contribution >= 4 is 57.0 Å². The van der Waals surface area contributed by atoms with Gasteiger partial charge in [-0.15, -0.1) is 11.3 Å². The Bertz CT molecular complexity index is 1280. The lowest BCUT2D eigenvalue weighted by atomic mass is 10.2. The van der Waals surface area contributed by atoms with Crippen LogP contribution in [0.15, 0.2) is 102 Å². The zero-order chi connectivity index (χ0) is 23.3. The number of hydrogen-bond acceptors (Lipinski definition) is 3.